The van der Waals surface area contributed by atoms with Gasteiger partial charge in [-0.2, -0.15) is 0 Å². The zero-order valence-corrected chi connectivity index (χ0v) is 8.80. The third-order valence-electron chi connectivity index (χ3n) is 0.842. The van der Waals surface area contributed by atoms with Gasteiger partial charge in [0.25, 0.3) is 0 Å². The third kappa shape index (κ3) is 0.736. The summed E-state index contributed by atoms with van der Waals surface area (Å²) in [6.07, 6.45) is 0. The Morgan fingerprint density at radius 1 is 1.12 bits per heavy atom. The predicted octanol–water partition coefficient (Wildman–Crippen LogP) is -0.323. The minimum absolute atomic E-state index is 0.547. The predicted molar refractivity (Wildman–Crippen MR) is 36.0 cm³/mol. The van der Waals surface area contributed by atoms with Crippen molar-refractivity contribution in [1.82, 2.24) is 0 Å². The van der Waals surface area contributed by atoms with E-state index in [-0.39, 0.29) is 0 Å². The number of hydrogen-bond donors (Lipinski definition) is 0. The van der Waals surface area contributed by atoms with E-state index in [0.717, 1.165) is 0 Å². The molecule has 1 rings (SSSR count). The average Bonchev–Trinajstić information content (AvgIpc) is 1.90. The molecule has 2 heteroatoms. The normalized spacial score (nSPS) is 8.50. The van der Waals surface area contributed by atoms with Crippen LogP contribution in [0, 0.1) is 0 Å². The fraction of sp³-hybridized carbons (Fsp3) is 0. The molecule has 0 fully saturated rings. The fourth-order valence-corrected chi connectivity index (χ4v) is 3.21. The molecule has 0 aliphatic carbocycles. The molecule has 8 heavy (non-hydrogen) atoms. The maximum absolute atomic E-state index is 2.22. The van der Waals surface area contributed by atoms with Gasteiger partial charge in [-0.3, -0.25) is 0 Å². The maximum atomic E-state index is 2.22. The summed E-state index contributed by atoms with van der Waals surface area (Å²) in [5.74, 6) is 0. The number of hydrogen-bond acceptors (Lipinski definition) is 0. The molecule has 0 saturated carbocycles. The van der Waals surface area contributed by atoms with Gasteiger partial charge in [0, 0.05) is 0 Å². The quantitative estimate of drug-likeness (QED) is 0.595. The molecule has 1 aromatic rings. The Morgan fingerprint density at radius 3 is 2.12 bits per heavy atom. The first-order valence-electron chi connectivity index (χ1n) is 2.30. The van der Waals surface area contributed by atoms with Gasteiger partial charge in [-0.15, -0.1) is 0 Å². The Kier molecular flexibility index (Phi) is 1.11. The van der Waals surface area contributed by atoms with Gasteiger partial charge in [0.15, 0.2) is 0 Å². The van der Waals surface area contributed by atoms with Crippen LogP contribution in [0.5, 0.6) is 0 Å². The Bertz CT molecular complexity index is 150. The summed E-state index contributed by atoms with van der Waals surface area (Å²) in [6.45, 7) is 0. The van der Waals surface area contributed by atoms with Crippen LogP contribution in [0.15, 0.2) is 30.3 Å². The topological polar surface area (TPSA) is 0 Å². The van der Waals surface area contributed by atoms with Gasteiger partial charge in [0.2, 0.25) is 0 Å². The average molecular weight is 370 g/mol. The van der Waals surface area contributed by atoms with E-state index in [4.69, 9.17) is 0 Å². The zero-order chi connectivity index (χ0) is 5.82. The van der Waals surface area contributed by atoms with Gasteiger partial charge in [-0.1, -0.05) is 0 Å². The van der Waals surface area contributed by atoms with Crippen LogP contribution in [-0.4, -0.2) is 11.0 Å². The van der Waals surface area contributed by atoms with E-state index in [1.165, 1.54) is 11.0 Å². The zero-order valence-electron chi connectivity index (χ0n) is 4.64. The first kappa shape index (κ1) is 4.59. The standard InChI is InChI=1S/C6H5.Lr.H3Si/c1-2-4-6-5-3-1;;/h1-5H;;1H3. The third-order valence-corrected chi connectivity index (χ3v) is 5.58. The van der Waals surface area contributed by atoms with Crippen LogP contribution in [-0.2, 0) is 0 Å². The van der Waals surface area contributed by atoms with Crippen molar-refractivity contribution in [2.45, 2.75) is 0 Å². The van der Waals surface area contributed by atoms with E-state index < -0.39 is 0 Å². The van der Waals surface area contributed by atoms with Crippen LogP contribution < -0.4 is 6.07 Å². The molecule has 51 valence electrons. The van der Waals surface area contributed by atoms with Crippen LogP contribution in [0.3, 0.4) is 0 Å². The van der Waals surface area contributed by atoms with Gasteiger partial charge < -0.3 is 0 Å². The molecule has 0 spiro atoms. The van der Waals surface area contributed by atoms with Gasteiger partial charge in [-0.25, -0.2) is 0 Å². The molecule has 0 aliphatic heterocycles. The summed E-state index contributed by atoms with van der Waals surface area (Å²) in [5, 5.41) is 0. The van der Waals surface area contributed by atoms with Crippen molar-refractivity contribution in [3.05, 3.63) is 30.3 Å². The van der Waals surface area contributed by atoms with E-state index in [9.17, 15) is 0 Å². The molecule has 0 atom stereocenters. The van der Waals surface area contributed by atoms with Gasteiger partial charge >= 0.3 is 47.4 Å². The van der Waals surface area contributed by atoms with E-state index in [2.05, 4.69) is 30.3 Å². The Balaban J connectivity index is 2.83. The SMILES string of the molecule is [SiH3][Lr][c]1ccccc1. The number of benzene rings is 1. The number of rotatable bonds is 1. The van der Waals surface area contributed by atoms with Crippen molar-refractivity contribution >= 4 is 17.0 Å². The van der Waals surface area contributed by atoms with E-state index in [1.807, 2.05) is 0 Å². The van der Waals surface area contributed by atoms with E-state index in [0.29, 0.717) is 0 Å². The molecule has 1 aromatic carbocycles. The summed E-state index contributed by atoms with van der Waals surface area (Å²) < 4.78 is 0.547. The molecular formula is C6H8LrSi. The van der Waals surface area contributed by atoms with E-state index in [1.54, 1.807) is 6.07 Å². The molecular weight excluding hydrogens is 362 g/mol. The van der Waals surface area contributed by atoms with Gasteiger partial charge in [-0.05, 0) is 0 Å². The molecule has 0 heterocycles. The molecule has 0 saturated heterocycles. The second kappa shape index (κ2) is 1.94. The van der Waals surface area contributed by atoms with Crippen molar-refractivity contribution < 1.29 is 0 Å². The van der Waals surface area contributed by atoms with Crippen LogP contribution in [0.2, 0.25) is 0 Å². The second-order valence-corrected chi connectivity index (χ2v) is 6.08. The Hall–Kier alpha value is -1.56. The van der Waals surface area contributed by atoms with Gasteiger partial charge in [0.1, 0.15) is 0 Å². The molecule has 0 aliphatic rings. The minimum atomic E-state index is 0.547. The Morgan fingerprint density at radius 2 is 1.75 bits per heavy atom. The van der Waals surface area contributed by atoms with Crippen LogP contribution in [0.1, 0.15) is 0 Å². The van der Waals surface area contributed by atoms with Gasteiger partial charge in [0.05, 0.1) is 0 Å². The summed E-state index contributed by atoms with van der Waals surface area (Å²) in [7, 11) is 1.37. The Labute approximate surface area is 48.2 Å². The molecule has 0 amide bonds. The van der Waals surface area contributed by atoms with Crippen molar-refractivity contribution in [2.75, 3.05) is 0 Å². The summed E-state index contributed by atoms with van der Waals surface area (Å²) in [5.41, 5.74) is 0. The van der Waals surface area contributed by atoms with Crippen molar-refractivity contribution in [2.24, 2.45) is 0 Å². The molecule has 0 radical (unpaired) electrons. The summed E-state index contributed by atoms with van der Waals surface area (Å²) in [4.78, 5) is 0. The molecule has 0 unspecified atom stereocenters. The van der Waals surface area contributed by atoms with Crippen molar-refractivity contribution in [3.63, 3.8) is 0 Å². The summed E-state index contributed by atoms with van der Waals surface area (Å²) >= 11 is 0. The van der Waals surface area contributed by atoms with Crippen molar-refractivity contribution in [1.29, 1.82) is 0 Å². The van der Waals surface area contributed by atoms with Crippen molar-refractivity contribution in [3.8, 4) is 0 Å². The van der Waals surface area contributed by atoms with Crippen LogP contribution in [0.4, 0.5) is 0 Å². The van der Waals surface area contributed by atoms with E-state index >= 15 is 0 Å². The monoisotopic (exact) mass is 370 g/mol. The summed E-state index contributed by atoms with van der Waals surface area (Å²) in [6, 6.07) is 12.3. The molecule has 0 nitrogen and oxygen atoms in total. The first-order chi connectivity index (χ1) is 3.93. The van der Waals surface area contributed by atoms with Crippen LogP contribution in [0.25, 0.3) is 0 Å². The van der Waals surface area contributed by atoms with Crippen LogP contribution >= 0.6 is 0 Å². The molecule has 0 N–H and O–H groups in total. The molecule has 0 bridgehead atoms. The second-order valence-electron chi connectivity index (χ2n) is 1.36. The molecule has 0 aromatic heterocycles. The first-order valence-corrected chi connectivity index (χ1v) is 10.3. The fourth-order valence-electron chi connectivity index (χ4n) is 0.478.